The van der Waals surface area contributed by atoms with Crippen LogP contribution in [0.5, 0.6) is 11.5 Å². The summed E-state index contributed by atoms with van der Waals surface area (Å²) >= 11 is 0. The van der Waals surface area contributed by atoms with Crippen molar-refractivity contribution < 1.29 is 17.9 Å². The standard InChI is InChI=1S/C16H20N2O4S/c1-12-14-5-4-8-17(14)9-10-18(12)23(19,20)16-11-13(21-2)6-7-15(16)22-3/h4-8,11-12H,9-10H2,1-3H3/t12-/m0/s1. The van der Waals surface area contributed by atoms with Gasteiger partial charge in [-0.1, -0.05) is 0 Å². The van der Waals surface area contributed by atoms with Crippen LogP contribution in [-0.2, 0) is 16.6 Å². The summed E-state index contributed by atoms with van der Waals surface area (Å²) in [5.74, 6) is 0.802. The van der Waals surface area contributed by atoms with E-state index in [-0.39, 0.29) is 10.9 Å². The van der Waals surface area contributed by atoms with Crippen molar-refractivity contribution in [1.29, 1.82) is 0 Å². The maximum atomic E-state index is 13.2. The fourth-order valence-corrected chi connectivity index (χ4v) is 4.77. The van der Waals surface area contributed by atoms with Gasteiger partial charge in [0.05, 0.1) is 20.3 Å². The Balaban J connectivity index is 2.06. The first kappa shape index (κ1) is 15.9. The van der Waals surface area contributed by atoms with Gasteiger partial charge in [0.2, 0.25) is 10.0 Å². The molecular formula is C16H20N2O4S. The molecule has 124 valence electrons. The summed E-state index contributed by atoms with van der Waals surface area (Å²) in [6.07, 6.45) is 1.97. The van der Waals surface area contributed by atoms with E-state index in [1.807, 2.05) is 25.3 Å². The van der Waals surface area contributed by atoms with E-state index >= 15 is 0 Å². The first-order valence-corrected chi connectivity index (χ1v) is 8.82. The predicted octanol–water partition coefficient (Wildman–Crippen LogP) is 2.27. The van der Waals surface area contributed by atoms with Crippen LogP contribution in [0, 0.1) is 0 Å². The molecule has 0 saturated heterocycles. The first-order valence-electron chi connectivity index (χ1n) is 7.38. The summed E-state index contributed by atoms with van der Waals surface area (Å²) in [7, 11) is -0.720. The van der Waals surface area contributed by atoms with Crippen LogP contribution < -0.4 is 9.47 Å². The number of nitrogens with zero attached hydrogens (tertiary/aromatic N) is 2. The second-order valence-corrected chi connectivity index (χ2v) is 7.29. The molecule has 1 atom stereocenters. The van der Waals surface area contributed by atoms with Crippen molar-refractivity contribution in [3.05, 3.63) is 42.2 Å². The summed E-state index contributed by atoms with van der Waals surface area (Å²) < 4.78 is 40.3. The molecule has 0 fully saturated rings. The van der Waals surface area contributed by atoms with Crippen LogP contribution in [0.4, 0.5) is 0 Å². The molecule has 0 amide bonds. The topological polar surface area (TPSA) is 60.8 Å². The maximum Gasteiger partial charge on any atom is 0.247 e. The average molecular weight is 336 g/mol. The number of hydrogen-bond acceptors (Lipinski definition) is 4. The summed E-state index contributed by atoms with van der Waals surface area (Å²) in [5.41, 5.74) is 0.988. The van der Waals surface area contributed by atoms with Crippen molar-refractivity contribution in [2.45, 2.75) is 24.4 Å². The van der Waals surface area contributed by atoms with E-state index in [4.69, 9.17) is 9.47 Å². The SMILES string of the molecule is COc1ccc(OC)c(S(=O)(=O)N2CCn3cccc3[C@@H]2C)c1. The number of rotatable bonds is 4. The number of fused-ring (bicyclic) bond motifs is 1. The summed E-state index contributed by atoms with van der Waals surface area (Å²) in [6.45, 7) is 2.96. The molecule has 1 aromatic heterocycles. The van der Waals surface area contributed by atoms with Gasteiger partial charge >= 0.3 is 0 Å². The summed E-state index contributed by atoms with van der Waals surface area (Å²) in [4.78, 5) is 0.131. The van der Waals surface area contributed by atoms with Crippen molar-refractivity contribution in [3.63, 3.8) is 0 Å². The van der Waals surface area contributed by atoms with E-state index in [9.17, 15) is 8.42 Å². The Hall–Kier alpha value is -1.99. The van der Waals surface area contributed by atoms with Crippen molar-refractivity contribution in [2.24, 2.45) is 0 Å². The smallest absolute Gasteiger partial charge is 0.247 e. The molecule has 0 aliphatic carbocycles. The van der Waals surface area contributed by atoms with E-state index < -0.39 is 10.0 Å². The molecule has 0 radical (unpaired) electrons. The predicted molar refractivity (Wildman–Crippen MR) is 86.3 cm³/mol. The minimum absolute atomic E-state index is 0.131. The Bertz CT molecular complexity index is 813. The molecule has 2 heterocycles. The average Bonchev–Trinajstić information content (AvgIpc) is 3.03. The number of hydrogen-bond donors (Lipinski definition) is 0. The van der Waals surface area contributed by atoms with Crippen molar-refractivity contribution in [1.82, 2.24) is 8.87 Å². The third-order valence-corrected chi connectivity index (χ3v) is 6.23. The maximum absolute atomic E-state index is 13.2. The number of benzene rings is 1. The highest BCUT2D eigenvalue weighted by atomic mass is 32.2. The van der Waals surface area contributed by atoms with Gasteiger partial charge in [-0.15, -0.1) is 0 Å². The lowest BCUT2D eigenvalue weighted by molar-refractivity contribution is 0.281. The van der Waals surface area contributed by atoms with Gasteiger partial charge in [0.1, 0.15) is 16.4 Å². The zero-order valence-corrected chi connectivity index (χ0v) is 14.2. The molecule has 7 heteroatoms. The van der Waals surface area contributed by atoms with Crippen LogP contribution in [0.25, 0.3) is 0 Å². The molecule has 0 unspecified atom stereocenters. The number of methoxy groups -OCH3 is 2. The first-order chi connectivity index (χ1) is 11.0. The van der Waals surface area contributed by atoms with Gasteiger partial charge in [0.15, 0.2) is 0 Å². The second kappa shape index (κ2) is 5.90. The largest absolute Gasteiger partial charge is 0.497 e. The molecular weight excluding hydrogens is 316 g/mol. The fraction of sp³-hybridized carbons (Fsp3) is 0.375. The zero-order chi connectivity index (χ0) is 16.6. The van der Waals surface area contributed by atoms with Gasteiger partial charge < -0.3 is 14.0 Å². The Morgan fingerprint density at radius 1 is 1.13 bits per heavy atom. The highest BCUT2D eigenvalue weighted by Crippen LogP contribution is 2.36. The van der Waals surface area contributed by atoms with Gasteiger partial charge in [0, 0.05) is 31.0 Å². The molecule has 3 rings (SSSR count). The molecule has 6 nitrogen and oxygen atoms in total. The normalized spacial score (nSPS) is 18.5. The van der Waals surface area contributed by atoms with Gasteiger partial charge in [-0.2, -0.15) is 4.31 Å². The minimum Gasteiger partial charge on any atom is -0.497 e. The Labute approximate surface area is 136 Å². The second-order valence-electron chi connectivity index (χ2n) is 5.43. The van der Waals surface area contributed by atoms with Crippen LogP contribution in [0.15, 0.2) is 41.4 Å². The summed E-state index contributed by atoms with van der Waals surface area (Å²) in [5, 5.41) is 0. The fourth-order valence-electron chi connectivity index (χ4n) is 3.00. The number of ether oxygens (including phenoxy) is 2. The lowest BCUT2D eigenvalue weighted by Crippen LogP contribution is -2.40. The lowest BCUT2D eigenvalue weighted by atomic mass is 10.2. The Morgan fingerprint density at radius 2 is 1.91 bits per heavy atom. The molecule has 0 spiro atoms. The van der Waals surface area contributed by atoms with E-state index in [1.54, 1.807) is 12.1 Å². The molecule has 23 heavy (non-hydrogen) atoms. The molecule has 0 bridgehead atoms. The van der Waals surface area contributed by atoms with Crippen LogP contribution in [-0.4, -0.2) is 38.1 Å². The van der Waals surface area contributed by atoms with Crippen molar-refractivity contribution in [2.75, 3.05) is 20.8 Å². The number of sulfonamides is 1. The van der Waals surface area contributed by atoms with Gasteiger partial charge in [-0.05, 0) is 31.2 Å². The molecule has 1 aromatic carbocycles. The van der Waals surface area contributed by atoms with Gasteiger partial charge in [-0.25, -0.2) is 8.42 Å². The van der Waals surface area contributed by atoms with E-state index in [0.717, 1.165) is 5.69 Å². The monoisotopic (exact) mass is 336 g/mol. The number of aromatic nitrogens is 1. The van der Waals surface area contributed by atoms with Crippen LogP contribution in [0.1, 0.15) is 18.7 Å². The molecule has 0 N–H and O–H groups in total. The zero-order valence-electron chi connectivity index (χ0n) is 13.4. The highest BCUT2D eigenvalue weighted by Gasteiger charge is 2.35. The molecule has 1 aliphatic rings. The summed E-state index contributed by atoms with van der Waals surface area (Å²) in [6, 6.07) is 8.46. The molecule has 0 saturated carbocycles. The third kappa shape index (κ3) is 2.60. The van der Waals surface area contributed by atoms with Gasteiger partial charge in [-0.3, -0.25) is 0 Å². The Morgan fingerprint density at radius 3 is 2.61 bits per heavy atom. The minimum atomic E-state index is -3.69. The van der Waals surface area contributed by atoms with Crippen molar-refractivity contribution >= 4 is 10.0 Å². The van der Waals surface area contributed by atoms with Gasteiger partial charge in [0.25, 0.3) is 0 Å². The third-order valence-electron chi connectivity index (χ3n) is 4.24. The van der Waals surface area contributed by atoms with Crippen LogP contribution in [0.3, 0.4) is 0 Å². The molecule has 2 aromatic rings. The quantitative estimate of drug-likeness (QED) is 0.859. The van der Waals surface area contributed by atoms with Crippen molar-refractivity contribution in [3.8, 4) is 11.5 Å². The van der Waals surface area contributed by atoms with E-state index in [2.05, 4.69) is 4.57 Å². The highest BCUT2D eigenvalue weighted by molar-refractivity contribution is 7.89. The molecule has 1 aliphatic heterocycles. The van der Waals surface area contributed by atoms with E-state index in [1.165, 1.54) is 24.6 Å². The Kier molecular flexibility index (Phi) is 4.08. The van der Waals surface area contributed by atoms with Crippen LogP contribution in [0.2, 0.25) is 0 Å². The van der Waals surface area contributed by atoms with Crippen LogP contribution >= 0.6 is 0 Å². The lowest BCUT2D eigenvalue weighted by Gasteiger charge is -2.34. The van der Waals surface area contributed by atoms with E-state index in [0.29, 0.717) is 24.6 Å².